The van der Waals surface area contributed by atoms with Crippen LogP contribution in [0.2, 0.25) is 0 Å². The number of ether oxygens (including phenoxy) is 2. The predicted molar refractivity (Wildman–Crippen MR) is 95.6 cm³/mol. The van der Waals surface area contributed by atoms with E-state index < -0.39 is 24.0 Å². The summed E-state index contributed by atoms with van der Waals surface area (Å²) in [5.74, 6) is 0.150. The SMILES string of the molecule is C[C@H](Oc1ccc(Sc2ccc(O[C@H](C)C(N)=O)cc2)cc1)C(N)=O. The highest BCUT2D eigenvalue weighted by Crippen LogP contribution is 2.30. The van der Waals surface area contributed by atoms with Crippen molar-refractivity contribution in [3.63, 3.8) is 0 Å². The van der Waals surface area contributed by atoms with Gasteiger partial charge in [0.15, 0.2) is 12.2 Å². The van der Waals surface area contributed by atoms with Crippen molar-refractivity contribution >= 4 is 23.6 Å². The van der Waals surface area contributed by atoms with Gasteiger partial charge in [-0.2, -0.15) is 0 Å². The number of nitrogens with two attached hydrogens (primary N) is 2. The molecule has 0 unspecified atom stereocenters. The number of hydrogen-bond acceptors (Lipinski definition) is 5. The van der Waals surface area contributed by atoms with Crippen molar-refractivity contribution in [1.29, 1.82) is 0 Å². The maximum Gasteiger partial charge on any atom is 0.258 e. The quantitative estimate of drug-likeness (QED) is 0.752. The van der Waals surface area contributed by atoms with Gasteiger partial charge in [-0.1, -0.05) is 11.8 Å². The number of amides is 2. The van der Waals surface area contributed by atoms with E-state index >= 15 is 0 Å². The Morgan fingerprint density at radius 3 is 1.36 bits per heavy atom. The molecule has 2 aromatic carbocycles. The summed E-state index contributed by atoms with van der Waals surface area (Å²) >= 11 is 1.56. The van der Waals surface area contributed by atoms with Crippen molar-refractivity contribution in [3.8, 4) is 11.5 Å². The maximum absolute atomic E-state index is 11.0. The molecule has 0 aliphatic rings. The Labute approximate surface area is 150 Å². The first-order valence-electron chi connectivity index (χ1n) is 7.65. The molecular weight excluding hydrogens is 340 g/mol. The van der Waals surface area contributed by atoms with E-state index in [1.165, 1.54) is 0 Å². The minimum Gasteiger partial charge on any atom is -0.481 e. The molecule has 2 atom stereocenters. The fourth-order valence-corrected chi connectivity index (χ4v) is 2.65. The summed E-state index contributed by atoms with van der Waals surface area (Å²) in [6, 6.07) is 14.7. The van der Waals surface area contributed by atoms with Crippen LogP contribution >= 0.6 is 11.8 Å². The van der Waals surface area contributed by atoms with E-state index in [1.807, 2.05) is 24.3 Å². The molecule has 0 aliphatic carbocycles. The first kappa shape index (κ1) is 18.7. The molecular formula is C18H20N2O4S. The summed E-state index contributed by atoms with van der Waals surface area (Å²) in [5.41, 5.74) is 10.3. The van der Waals surface area contributed by atoms with Crippen LogP contribution in [0.5, 0.6) is 11.5 Å². The second kappa shape index (κ2) is 8.43. The van der Waals surface area contributed by atoms with Crippen LogP contribution in [-0.2, 0) is 9.59 Å². The molecule has 25 heavy (non-hydrogen) atoms. The van der Waals surface area contributed by atoms with E-state index in [0.29, 0.717) is 11.5 Å². The van der Waals surface area contributed by atoms with Crippen molar-refractivity contribution in [2.75, 3.05) is 0 Å². The van der Waals surface area contributed by atoms with Crippen LogP contribution in [0.4, 0.5) is 0 Å². The Bertz CT molecular complexity index is 668. The van der Waals surface area contributed by atoms with E-state index in [9.17, 15) is 9.59 Å². The van der Waals surface area contributed by atoms with Crippen molar-refractivity contribution < 1.29 is 19.1 Å². The second-order valence-electron chi connectivity index (χ2n) is 5.37. The van der Waals surface area contributed by atoms with Crippen LogP contribution in [0.1, 0.15) is 13.8 Å². The molecule has 0 heterocycles. The molecule has 0 saturated carbocycles. The molecule has 2 amide bonds. The minimum absolute atomic E-state index is 0.508. The lowest BCUT2D eigenvalue weighted by Crippen LogP contribution is -2.30. The highest BCUT2D eigenvalue weighted by molar-refractivity contribution is 7.99. The van der Waals surface area contributed by atoms with E-state index in [1.54, 1.807) is 49.9 Å². The van der Waals surface area contributed by atoms with Gasteiger partial charge in [-0.15, -0.1) is 0 Å². The number of primary amides is 2. The van der Waals surface area contributed by atoms with E-state index in [-0.39, 0.29) is 0 Å². The summed E-state index contributed by atoms with van der Waals surface area (Å²) in [7, 11) is 0. The Balaban J connectivity index is 1.95. The number of carbonyl (C=O) groups is 2. The lowest BCUT2D eigenvalue weighted by molar-refractivity contribution is -0.124. The van der Waals surface area contributed by atoms with Gasteiger partial charge in [0.2, 0.25) is 0 Å². The van der Waals surface area contributed by atoms with Crippen molar-refractivity contribution in [3.05, 3.63) is 48.5 Å². The van der Waals surface area contributed by atoms with Crippen LogP contribution in [-0.4, -0.2) is 24.0 Å². The van der Waals surface area contributed by atoms with Gasteiger partial charge < -0.3 is 20.9 Å². The Kier molecular flexibility index (Phi) is 6.30. The monoisotopic (exact) mass is 360 g/mol. The molecule has 132 valence electrons. The number of rotatable bonds is 8. The molecule has 2 rings (SSSR count). The zero-order valence-corrected chi connectivity index (χ0v) is 14.8. The smallest absolute Gasteiger partial charge is 0.258 e. The largest absolute Gasteiger partial charge is 0.481 e. The molecule has 4 N–H and O–H groups in total. The van der Waals surface area contributed by atoms with Gasteiger partial charge in [0.1, 0.15) is 11.5 Å². The molecule has 6 nitrogen and oxygen atoms in total. The molecule has 0 saturated heterocycles. The van der Waals surface area contributed by atoms with Gasteiger partial charge in [-0.3, -0.25) is 9.59 Å². The fraction of sp³-hybridized carbons (Fsp3) is 0.222. The van der Waals surface area contributed by atoms with Crippen LogP contribution in [0.25, 0.3) is 0 Å². The molecule has 2 aromatic rings. The first-order chi connectivity index (χ1) is 11.8. The third-order valence-electron chi connectivity index (χ3n) is 3.31. The normalized spacial score (nSPS) is 12.9. The number of benzene rings is 2. The highest BCUT2D eigenvalue weighted by atomic mass is 32.2. The molecule has 7 heteroatoms. The van der Waals surface area contributed by atoms with Crippen LogP contribution in [0.3, 0.4) is 0 Å². The van der Waals surface area contributed by atoms with Gasteiger partial charge >= 0.3 is 0 Å². The lowest BCUT2D eigenvalue weighted by atomic mass is 10.3. The summed E-state index contributed by atoms with van der Waals surface area (Å²) < 4.78 is 10.8. The van der Waals surface area contributed by atoms with Crippen LogP contribution in [0, 0.1) is 0 Å². The fourth-order valence-electron chi connectivity index (χ4n) is 1.83. The van der Waals surface area contributed by atoms with Gasteiger partial charge in [-0.05, 0) is 62.4 Å². The number of carbonyl (C=O) groups excluding carboxylic acids is 2. The van der Waals surface area contributed by atoms with Gasteiger partial charge in [0, 0.05) is 9.79 Å². The topological polar surface area (TPSA) is 105 Å². The summed E-state index contributed by atoms with van der Waals surface area (Å²) in [4.78, 5) is 24.0. The Morgan fingerprint density at radius 2 is 1.08 bits per heavy atom. The Morgan fingerprint density at radius 1 is 0.760 bits per heavy atom. The average Bonchev–Trinajstić information content (AvgIpc) is 2.58. The molecule has 0 radical (unpaired) electrons. The third-order valence-corrected chi connectivity index (χ3v) is 4.33. The zero-order valence-electron chi connectivity index (χ0n) is 14.0. The van der Waals surface area contributed by atoms with Crippen LogP contribution in [0.15, 0.2) is 58.3 Å². The van der Waals surface area contributed by atoms with E-state index in [0.717, 1.165) is 9.79 Å². The van der Waals surface area contributed by atoms with Gasteiger partial charge in [-0.25, -0.2) is 0 Å². The molecule has 0 bridgehead atoms. The lowest BCUT2D eigenvalue weighted by Gasteiger charge is -2.12. The minimum atomic E-state index is -0.672. The average molecular weight is 360 g/mol. The summed E-state index contributed by atoms with van der Waals surface area (Å²) in [5, 5.41) is 0. The molecule has 0 fully saturated rings. The summed E-state index contributed by atoms with van der Waals surface area (Å²) in [6.45, 7) is 3.21. The van der Waals surface area contributed by atoms with Gasteiger partial charge in [0.25, 0.3) is 11.8 Å². The highest BCUT2D eigenvalue weighted by Gasteiger charge is 2.11. The van der Waals surface area contributed by atoms with Crippen molar-refractivity contribution in [2.45, 2.75) is 35.8 Å². The third kappa shape index (κ3) is 5.72. The van der Waals surface area contributed by atoms with E-state index in [2.05, 4.69) is 0 Å². The summed E-state index contributed by atoms with van der Waals surface area (Å²) in [6.07, 6.45) is -1.34. The number of hydrogen-bond donors (Lipinski definition) is 2. The zero-order chi connectivity index (χ0) is 18.4. The Hall–Kier alpha value is -2.67. The molecule has 0 aliphatic heterocycles. The van der Waals surface area contributed by atoms with Crippen LogP contribution < -0.4 is 20.9 Å². The first-order valence-corrected chi connectivity index (χ1v) is 8.46. The molecule has 0 spiro atoms. The van der Waals surface area contributed by atoms with Gasteiger partial charge in [0.05, 0.1) is 0 Å². The second-order valence-corrected chi connectivity index (χ2v) is 6.52. The van der Waals surface area contributed by atoms with Crippen molar-refractivity contribution in [1.82, 2.24) is 0 Å². The predicted octanol–water partition coefficient (Wildman–Crippen LogP) is 2.34. The standard InChI is InChI=1S/C18H20N2O4S/c1-11(17(19)21)23-13-3-7-15(8-4-13)25-16-9-5-14(6-10-16)24-12(2)18(20)22/h3-12H,1-2H3,(H2,19,21)(H2,20,22)/t11-,12+. The maximum atomic E-state index is 11.0. The molecule has 0 aromatic heterocycles. The van der Waals surface area contributed by atoms with Crippen molar-refractivity contribution in [2.24, 2.45) is 11.5 Å². The van der Waals surface area contributed by atoms with E-state index in [4.69, 9.17) is 20.9 Å².